The summed E-state index contributed by atoms with van der Waals surface area (Å²) in [6, 6.07) is 0. The Labute approximate surface area is 288 Å². The fourth-order valence-electron chi connectivity index (χ4n) is 7.67. The molecule has 1 heteroatoms. The van der Waals surface area contributed by atoms with Crippen molar-refractivity contribution in [3.05, 3.63) is 0 Å². The Kier molecular flexibility index (Phi) is 38.4. The van der Waals surface area contributed by atoms with Crippen molar-refractivity contribution in [3.63, 3.8) is 0 Å². The smallest absolute Gasteiger partial charge is 0.0786 e. The normalized spacial score (nSPS) is 12.0. The molecule has 0 aliphatic heterocycles. The van der Waals surface area contributed by atoms with E-state index in [1.54, 1.807) is 0 Å². The number of hydrogen-bond acceptors (Lipinski definition) is 0. The van der Waals surface area contributed by atoms with Crippen LogP contribution in [-0.2, 0) is 0 Å². The van der Waals surface area contributed by atoms with Gasteiger partial charge in [0.25, 0.3) is 0 Å². The summed E-state index contributed by atoms with van der Waals surface area (Å²) in [5.74, 6) is 0. The summed E-state index contributed by atoms with van der Waals surface area (Å²) in [5.41, 5.74) is 0. The molecule has 0 aromatic heterocycles. The molecule has 0 amide bonds. The topological polar surface area (TPSA) is 0 Å². The molecule has 0 aromatic rings. The second-order valence-electron chi connectivity index (χ2n) is 15.4. The van der Waals surface area contributed by atoms with Gasteiger partial charge in [-0.3, -0.25) is 0 Å². The zero-order valence-corrected chi connectivity index (χ0v) is 32.7. The van der Waals surface area contributed by atoms with Crippen LogP contribution in [0.5, 0.6) is 0 Å². The Bertz CT molecular complexity index is 467. The van der Waals surface area contributed by atoms with Gasteiger partial charge in [0.15, 0.2) is 0 Å². The number of nitrogens with zero attached hydrogens (tertiary/aromatic N) is 1. The third-order valence-electron chi connectivity index (χ3n) is 11.3. The van der Waals surface area contributed by atoms with Gasteiger partial charge in [-0.25, -0.2) is 0 Å². The maximum absolute atomic E-state index is 2.45. The third-order valence-corrected chi connectivity index (χ3v) is 11.3. The molecule has 0 radical (unpaired) electrons. The van der Waals surface area contributed by atoms with Crippen LogP contribution >= 0.6 is 0 Å². The molecule has 0 bridgehead atoms. The Morgan fingerprint density at radius 3 is 0.511 bits per heavy atom. The molecule has 272 valence electrons. The van der Waals surface area contributed by atoms with Gasteiger partial charge in [-0.15, -0.1) is 0 Å². The van der Waals surface area contributed by atoms with Crippen LogP contribution in [0.2, 0.25) is 0 Å². The van der Waals surface area contributed by atoms with Gasteiger partial charge in [-0.2, -0.15) is 0 Å². The second-order valence-corrected chi connectivity index (χ2v) is 15.4. The van der Waals surface area contributed by atoms with Gasteiger partial charge in [0, 0.05) is 0 Å². The van der Waals surface area contributed by atoms with Crippen LogP contribution in [0.1, 0.15) is 259 Å². The van der Waals surface area contributed by atoms with E-state index in [0.29, 0.717) is 0 Å². The first-order chi connectivity index (χ1) is 22.2. The maximum Gasteiger partial charge on any atom is 0.0786 e. The summed E-state index contributed by atoms with van der Waals surface area (Å²) < 4.78 is 1.39. The average molecular weight is 635 g/mol. The molecule has 0 aliphatic rings. The molecule has 45 heavy (non-hydrogen) atoms. The number of hydrogen-bond donors (Lipinski definition) is 0. The lowest BCUT2D eigenvalue weighted by Gasteiger charge is -2.37. The van der Waals surface area contributed by atoms with Gasteiger partial charge in [-0.05, 0) is 39.5 Å². The molecule has 0 aliphatic carbocycles. The lowest BCUT2D eigenvalue weighted by molar-refractivity contribution is -0.925. The van der Waals surface area contributed by atoms with Gasteiger partial charge in [0.2, 0.25) is 0 Å². The minimum Gasteiger partial charge on any atom is -0.324 e. The lowest BCUT2D eigenvalue weighted by atomic mass is 10.0. The first kappa shape index (κ1) is 45.0. The molecular formula is C44H92N+. The molecule has 0 saturated heterocycles. The van der Waals surface area contributed by atoms with E-state index in [9.17, 15) is 0 Å². The fourth-order valence-corrected chi connectivity index (χ4v) is 7.67. The maximum atomic E-state index is 2.45. The van der Waals surface area contributed by atoms with Crippen LogP contribution < -0.4 is 0 Å². The van der Waals surface area contributed by atoms with Crippen LogP contribution in [0.25, 0.3) is 0 Å². The van der Waals surface area contributed by atoms with Crippen molar-refractivity contribution in [3.8, 4) is 0 Å². The third kappa shape index (κ3) is 33.6. The number of quaternary nitrogens is 1. The second kappa shape index (κ2) is 38.4. The van der Waals surface area contributed by atoms with Crippen LogP contribution in [0.4, 0.5) is 0 Å². The highest BCUT2D eigenvalue weighted by molar-refractivity contribution is 4.53. The summed E-state index contributed by atoms with van der Waals surface area (Å²) in [6.07, 6.45) is 53.0. The molecule has 0 N–H and O–H groups in total. The molecule has 0 rings (SSSR count). The van der Waals surface area contributed by atoms with Crippen molar-refractivity contribution < 1.29 is 4.48 Å². The summed E-state index contributed by atoms with van der Waals surface area (Å²) in [6.45, 7) is 15.1. The van der Waals surface area contributed by atoms with Gasteiger partial charge in [0.05, 0.1) is 26.2 Å². The SMILES string of the molecule is CCCCCCCCCCCCCCCCCCCC[N+](CC)(CC)CCCCCCCCCCCCCCCCCCCC. The number of rotatable bonds is 40. The first-order valence-electron chi connectivity index (χ1n) is 22.1. The van der Waals surface area contributed by atoms with E-state index in [1.807, 2.05) is 0 Å². The van der Waals surface area contributed by atoms with Crippen molar-refractivity contribution >= 4 is 0 Å². The molecule has 0 aromatic carbocycles. The largest absolute Gasteiger partial charge is 0.324 e. The number of unbranched alkanes of at least 4 members (excludes halogenated alkanes) is 34. The van der Waals surface area contributed by atoms with Crippen LogP contribution in [-0.4, -0.2) is 30.7 Å². The molecule has 0 spiro atoms. The van der Waals surface area contributed by atoms with E-state index < -0.39 is 0 Å². The van der Waals surface area contributed by atoms with E-state index in [0.717, 1.165) is 0 Å². The highest BCUT2D eigenvalue weighted by Crippen LogP contribution is 2.18. The van der Waals surface area contributed by atoms with Crippen molar-refractivity contribution in [2.24, 2.45) is 0 Å². The van der Waals surface area contributed by atoms with Gasteiger partial charge in [0.1, 0.15) is 0 Å². The Morgan fingerprint density at radius 1 is 0.200 bits per heavy atom. The van der Waals surface area contributed by atoms with Crippen molar-refractivity contribution in [2.45, 2.75) is 259 Å². The standard InChI is InChI=1S/C44H92N/c1-5-9-11-13-15-17-19-21-23-25-27-29-31-33-35-37-39-41-43-45(7-3,8-4)44-42-40-38-36-34-32-30-28-26-24-22-20-18-16-14-12-10-6-2/h5-44H2,1-4H3/q+1. The monoisotopic (exact) mass is 635 g/mol. The summed E-state index contributed by atoms with van der Waals surface area (Å²) in [7, 11) is 0. The van der Waals surface area contributed by atoms with Crippen LogP contribution in [0, 0.1) is 0 Å². The van der Waals surface area contributed by atoms with Crippen molar-refractivity contribution in [2.75, 3.05) is 26.2 Å². The predicted molar refractivity (Wildman–Crippen MR) is 209 cm³/mol. The van der Waals surface area contributed by atoms with E-state index in [2.05, 4.69) is 27.7 Å². The Balaban J connectivity index is 3.47. The van der Waals surface area contributed by atoms with Gasteiger partial charge >= 0.3 is 0 Å². The zero-order chi connectivity index (χ0) is 32.8. The van der Waals surface area contributed by atoms with E-state index >= 15 is 0 Å². The van der Waals surface area contributed by atoms with Crippen molar-refractivity contribution in [1.29, 1.82) is 0 Å². The summed E-state index contributed by atoms with van der Waals surface area (Å²) in [5, 5.41) is 0. The predicted octanol–water partition coefficient (Wildman–Crippen LogP) is 15.9. The zero-order valence-electron chi connectivity index (χ0n) is 32.7. The van der Waals surface area contributed by atoms with E-state index in [4.69, 9.17) is 0 Å². The Morgan fingerprint density at radius 2 is 0.356 bits per heavy atom. The highest BCUT2D eigenvalue weighted by atomic mass is 15.3. The molecule has 0 saturated carbocycles. The van der Waals surface area contributed by atoms with Gasteiger partial charge < -0.3 is 4.48 Å². The quantitative estimate of drug-likeness (QED) is 0.0465. The van der Waals surface area contributed by atoms with Crippen molar-refractivity contribution in [1.82, 2.24) is 0 Å². The molecular weight excluding hydrogens is 542 g/mol. The average Bonchev–Trinajstić information content (AvgIpc) is 3.06. The van der Waals surface area contributed by atoms with Crippen LogP contribution in [0.3, 0.4) is 0 Å². The first-order valence-corrected chi connectivity index (χ1v) is 22.1. The molecule has 1 nitrogen and oxygen atoms in total. The molecule has 0 heterocycles. The summed E-state index contributed by atoms with van der Waals surface area (Å²) in [4.78, 5) is 0. The molecule has 0 unspecified atom stereocenters. The Hall–Kier alpha value is -0.0400. The minimum absolute atomic E-state index is 1.34. The molecule has 0 fully saturated rings. The van der Waals surface area contributed by atoms with Gasteiger partial charge in [-0.1, -0.05) is 219 Å². The summed E-state index contributed by atoms with van der Waals surface area (Å²) >= 11 is 0. The van der Waals surface area contributed by atoms with E-state index in [1.165, 1.54) is 262 Å². The fraction of sp³-hybridized carbons (Fsp3) is 1.00. The lowest BCUT2D eigenvalue weighted by Crippen LogP contribution is -2.49. The highest BCUT2D eigenvalue weighted by Gasteiger charge is 2.21. The minimum atomic E-state index is 1.34. The van der Waals surface area contributed by atoms with Crippen LogP contribution in [0.15, 0.2) is 0 Å². The van der Waals surface area contributed by atoms with E-state index in [-0.39, 0.29) is 0 Å². The molecule has 0 atom stereocenters.